The fourth-order valence-electron chi connectivity index (χ4n) is 1.54. The van der Waals surface area contributed by atoms with Crippen LogP contribution in [0.5, 0.6) is 5.75 Å². The van der Waals surface area contributed by atoms with E-state index in [-0.39, 0.29) is 10.9 Å². The molecule has 1 heterocycles. The summed E-state index contributed by atoms with van der Waals surface area (Å²) in [5.41, 5.74) is 6.23. The van der Waals surface area contributed by atoms with Crippen molar-refractivity contribution in [3.63, 3.8) is 0 Å². The topological polar surface area (TPSA) is 86.8 Å². The number of carbonyl (C=O) groups excluding carboxylic acids is 1. The average Bonchev–Trinajstić information content (AvgIpc) is 2.55. The standard InChI is InChI=1S/C15H13Cl2N3O3/c1-9(22-13-5-4-11(16)7-12(13)17)15(21)23-20-14(18)10-3-2-6-19-8-10/h2-9H,1H3,(H2,18,20). The van der Waals surface area contributed by atoms with Crippen molar-refractivity contribution in [3.8, 4) is 5.75 Å². The van der Waals surface area contributed by atoms with Crippen LogP contribution in [-0.2, 0) is 9.63 Å². The fourth-order valence-corrected chi connectivity index (χ4v) is 2.00. The van der Waals surface area contributed by atoms with Gasteiger partial charge in [-0.3, -0.25) is 4.98 Å². The second-order valence-corrected chi connectivity index (χ2v) is 5.31. The third kappa shape index (κ3) is 4.84. The Morgan fingerprint density at radius 1 is 1.35 bits per heavy atom. The van der Waals surface area contributed by atoms with E-state index in [0.29, 0.717) is 16.3 Å². The van der Waals surface area contributed by atoms with E-state index in [9.17, 15) is 4.79 Å². The number of carbonyl (C=O) groups is 1. The average molecular weight is 354 g/mol. The first kappa shape index (κ1) is 17.1. The van der Waals surface area contributed by atoms with Crippen LogP contribution in [0.15, 0.2) is 47.9 Å². The molecular formula is C15H13Cl2N3O3. The summed E-state index contributed by atoms with van der Waals surface area (Å²) in [6.07, 6.45) is 2.16. The first-order chi connectivity index (χ1) is 11.0. The smallest absolute Gasteiger partial charge is 0.374 e. The zero-order valence-electron chi connectivity index (χ0n) is 12.1. The summed E-state index contributed by atoms with van der Waals surface area (Å²) in [5.74, 6) is -0.379. The van der Waals surface area contributed by atoms with Gasteiger partial charge in [-0.1, -0.05) is 28.4 Å². The minimum atomic E-state index is -0.931. The molecule has 0 amide bonds. The summed E-state index contributed by atoms with van der Waals surface area (Å²) < 4.78 is 5.41. The number of halogens is 2. The van der Waals surface area contributed by atoms with Crippen molar-refractivity contribution >= 4 is 35.0 Å². The predicted octanol–water partition coefficient (Wildman–Crippen LogP) is 3.02. The largest absolute Gasteiger partial charge is 0.477 e. The Labute approximate surface area is 142 Å². The second-order valence-electron chi connectivity index (χ2n) is 4.46. The van der Waals surface area contributed by atoms with Gasteiger partial charge in [0, 0.05) is 23.0 Å². The molecule has 1 atom stereocenters. The van der Waals surface area contributed by atoms with E-state index >= 15 is 0 Å². The van der Waals surface area contributed by atoms with Gasteiger partial charge in [-0.15, -0.1) is 0 Å². The monoisotopic (exact) mass is 353 g/mol. The number of hydrogen-bond donors (Lipinski definition) is 1. The number of aromatic nitrogens is 1. The van der Waals surface area contributed by atoms with Gasteiger partial charge in [0.1, 0.15) is 5.75 Å². The minimum Gasteiger partial charge on any atom is -0.477 e. The summed E-state index contributed by atoms with van der Waals surface area (Å²) in [4.78, 5) is 20.5. The molecule has 0 fully saturated rings. The highest BCUT2D eigenvalue weighted by atomic mass is 35.5. The lowest BCUT2D eigenvalue weighted by molar-refractivity contribution is -0.151. The molecule has 0 bridgehead atoms. The third-order valence-corrected chi connectivity index (χ3v) is 3.25. The van der Waals surface area contributed by atoms with Crippen LogP contribution >= 0.6 is 23.2 Å². The van der Waals surface area contributed by atoms with E-state index in [1.165, 1.54) is 19.2 Å². The molecule has 2 N–H and O–H groups in total. The van der Waals surface area contributed by atoms with Crippen LogP contribution < -0.4 is 10.5 Å². The zero-order valence-corrected chi connectivity index (χ0v) is 13.6. The molecule has 2 aromatic rings. The first-order valence-corrected chi connectivity index (χ1v) is 7.29. The van der Waals surface area contributed by atoms with E-state index in [2.05, 4.69) is 10.1 Å². The number of amidine groups is 1. The molecule has 1 unspecified atom stereocenters. The van der Waals surface area contributed by atoms with E-state index < -0.39 is 12.1 Å². The highest BCUT2D eigenvalue weighted by molar-refractivity contribution is 6.35. The number of nitrogens with two attached hydrogens (primary N) is 1. The van der Waals surface area contributed by atoms with Gasteiger partial charge < -0.3 is 15.3 Å². The number of benzene rings is 1. The molecule has 0 spiro atoms. The van der Waals surface area contributed by atoms with Gasteiger partial charge in [-0.05, 0) is 37.3 Å². The van der Waals surface area contributed by atoms with Crippen molar-refractivity contribution in [1.82, 2.24) is 4.98 Å². The molecule has 0 aliphatic heterocycles. The number of oxime groups is 1. The molecule has 2 rings (SSSR count). The van der Waals surface area contributed by atoms with Crippen molar-refractivity contribution in [3.05, 3.63) is 58.3 Å². The highest BCUT2D eigenvalue weighted by Gasteiger charge is 2.18. The Morgan fingerprint density at radius 3 is 2.78 bits per heavy atom. The SMILES string of the molecule is CC(Oc1ccc(Cl)cc1Cl)C(=O)O/N=C(\N)c1cccnc1. The Morgan fingerprint density at radius 2 is 2.13 bits per heavy atom. The molecule has 1 aromatic carbocycles. The number of pyridine rings is 1. The van der Waals surface area contributed by atoms with Gasteiger partial charge in [0.05, 0.1) is 5.02 Å². The van der Waals surface area contributed by atoms with Crippen molar-refractivity contribution in [2.45, 2.75) is 13.0 Å². The van der Waals surface area contributed by atoms with Crippen LogP contribution in [-0.4, -0.2) is 22.9 Å². The van der Waals surface area contributed by atoms with Crippen LogP contribution in [0.2, 0.25) is 10.0 Å². The Hall–Kier alpha value is -2.31. The van der Waals surface area contributed by atoms with E-state index in [1.807, 2.05) is 0 Å². The summed E-state index contributed by atoms with van der Waals surface area (Å²) in [5, 5.41) is 4.32. The van der Waals surface area contributed by atoms with Crippen molar-refractivity contribution in [2.24, 2.45) is 10.9 Å². The lowest BCUT2D eigenvalue weighted by Crippen LogP contribution is -2.26. The maximum Gasteiger partial charge on any atom is 0.374 e. The molecule has 23 heavy (non-hydrogen) atoms. The number of ether oxygens (including phenoxy) is 1. The summed E-state index contributed by atoms with van der Waals surface area (Å²) >= 11 is 11.8. The van der Waals surface area contributed by atoms with Crippen LogP contribution in [0.1, 0.15) is 12.5 Å². The van der Waals surface area contributed by atoms with Crippen molar-refractivity contribution in [2.75, 3.05) is 0 Å². The Kier molecular flexibility index (Phi) is 5.78. The molecule has 6 nitrogen and oxygen atoms in total. The molecule has 120 valence electrons. The van der Waals surface area contributed by atoms with Crippen LogP contribution in [0, 0.1) is 0 Å². The molecular weight excluding hydrogens is 341 g/mol. The van der Waals surface area contributed by atoms with E-state index in [0.717, 1.165) is 0 Å². The fraction of sp³-hybridized carbons (Fsp3) is 0.133. The quantitative estimate of drug-likeness (QED) is 0.386. The van der Waals surface area contributed by atoms with Crippen LogP contribution in [0.4, 0.5) is 0 Å². The number of rotatable bonds is 5. The molecule has 0 saturated heterocycles. The first-order valence-electron chi connectivity index (χ1n) is 6.54. The minimum absolute atomic E-state index is 0.0307. The second kappa shape index (κ2) is 7.80. The highest BCUT2D eigenvalue weighted by Crippen LogP contribution is 2.28. The Bertz CT molecular complexity index is 723. The maximum absolute atomic E-state index is 11.9. The van der Waals surface area contributed by atoms with Gasteiger partial charge in [0.15, 0.2) is 11.9 Å². The zero-order chi connectivity index (χ0) is 16.8. The number of hydrogen-bond acceptors (Lipinski definition) is 5. The normalized spacial score (nSPS) is 12.6. The molecule has 1 aromatic heterocycles. The van der Waals surface area contributed by atoms with Gasteiger partial charge in [-0.2, -0.15) is 0 Å². The third-order valence-electron chi connectivity index (χ3n) is 2.72. The lowest BCUT2D eigenvalue weighted by Gasteiger charge is -2.13. The molecule has 0 saturated carbocycles. The van der Waals surface area contributed by atoms with Gasteiger partial charge >= 0.3 is 5.97 Å². The maximum atomic E-state index is 11.9. The lowest BCUT2D eigenvalue weighted by atomic mass is 10.3. The van der Waals surface area contributed by atoms with Crippen LogP contribution in [0.25, 0.3) is 0 Å². The van der Waals surface area contributed by atoms with Gasteiger partial charge in [-0.25, -0.2) is 4.79 Å². The molecule has 0 aliphatic rings. The van der Waals surface area contributed by atoms with Crippen molar-refractivity contribution in [1.29, 1.82) is 0 Å². The van der Waals surface area contributed by atoms with Gasteiger partial charge in [0.2, 0.25) is 0 Å². The number of nitrogens with zero attached hydrogens (tertiary/aromatic N) is 2. The van der Waals surface area contributed by atoms with Crippen molar-refractivity contribution < 1.29 is 14.4 Å². The molecule has 0 aliphatic carbocycles. The Balaban J connectivity index is 1.97. The summed E-state index contributed by atoms with van der Waals surface area (Å²) in [6.45, 7) is 1.50. The van der Waals surface area contributed by atoms with E-state index in [1.54, 1.807) is 30.5 Å². The molecule has 0 radical (unpaired) electrons. The summed E-state index contributed by atoms with van der Waals surface area (Å²) in [6, 6.07) is 8.04. The predicted molar refractivity (Wildman–Crippen MR) is 87.6 cm³/mol. The van der Waals surface area contributed by atoms with Crippen LogP contribution in [0.3, 0.4) is 0 Å². The van der Waals surface area contributed by atoms with Gasteiger partial charge in [0.25, 0.3) is 0 Å². The molecule has 8 heteroatoms. The van der Waals surface area contributed by atoms with E-state index in [4.69, 9.17) is 38.5 Å². The summed E-state index contributed by atoms with van der Waals surface area (Å²) in [7, 11) is 0.